The third-order valence-electron chi connectivity index (χ3n) is 2.49. The number of hydrogen-bond acceptors (Lipinski definition) is 2. The van der Waals surface area contributed by atoms with Gasteiger partial charge >= 0.3 is 0 Å². The molecule has 2 heteroatoms. The zero-order chi connectivity index (χ0) is 11.3. The first-order valence-corrected chi connectivity index (χ1v) is 4.83. The van der Waals surface area contributed by atoms with Crippen molar-refractivity contribution in [1.29, 1.82) is 5.26 Å². The van der Waals surface area contributed by atoms with Gasteiger partial charge in [0.1, 0.15) is 6.04 Å². The first-order valence-electron chi connectivity index (χ1n) is 4.83. The molecule has 2 nitrogen and oxygen atoms in total. The molecule has 0 aliphatic heterocycles. The summed E-state index contributed by atoms with van der Waals surface area (Å²) in [5, 5.41) is 12.0. The van der Waals surface area contributed by atoms with Crippen LogP contribution in [0.5, 0.6) is 0 Å². The van der Waals surface area contributed by atoms with E-state index in [1.54, 1.807) is 0 Å². The van der Waals surface area contributed by atoms with Gasteiger partial charge in [-0.3, -0.25) is 5.32 Å². The van der Waals surface area contributed by atoms with Gasteiger partial charge in [-0.05, 0) is 30.5 Å². The van der Waals surface area contributed by atoms with E-state index >= 15 is 0 Å². The molecule has 0 fully saturated rings. The second-order valence-corrected chi connectivity index (χ2v) is 3.44. The topological polar surface area (TPSA) is 35.8 Å². The van der Waals surface area contributed by atoms with E-state index in [2.05, 4.69) is 17.3 Å². The molecule has 1 unspecified atom stereocenters. The van der Waals surface area contributed by atoms with Crippen LogP contribution in [0.25, 0.3) is 0 Å². The van der Waals surface area contributed by atoms with Crippen molar-refractivity contribution in [2.75, 3.05) is 6.54 Å². The molecule has 0 bridgehead atoms. The zero-order valence-electron chi connectivity index (χ0n) is 9.04. The minimum Gasteiger partial charge on any atom is -0.287 e. The Morgan fingerprint density at radius 2 is 2.20 bits per heavy atom. The molecule has 1 rings (SSSR count). The van der Waals surface area contributed by atoms with Crippen molar-refractivity contribution in [2.24, 2.45) is 0 Å². The fraction of sp³-hybridized carbons (Fsp3) is 0.308. The lowest BCUT2D eigenvalue weighted by atomic mass is 9.98. The molecule has 1 N–H and O–H groups in total. The molecule has 0 heterocycles. The van der Waals surface area contributed by atoms with Crippen LogP contribution < -0.4 is 5.32 Å². The fourth-order valence-corrected chi connectivity index (χ4v) is 1.47. The van der Waals surface area contributed by atoms with Crippen LogP contribution in [0.2, 0.25) is 0 Å². The third kappa shape index (κ3) is 2.59. The average molecular weight is 198 g/mol. The Hall–Kier alpha value is -1.77. The van der Waals surface area contributed by atoms with Gasteiger partial charge in [0.15, 0.2) is 0 Å². The number of nitrogens with zero attached hydrogens (tertiary/aromatic N) is 1. The maximum Gasteiger partial charge on any atom is 0.122 e. The molecule has 1 aromatic rings. The van der Waals surface area contributed by atoms with Gasteiger partial charge in [0, 0.05) is 0 Å². The molecule has 0 saturated carbocycles. The molecule has 0 amide bonds. The lowest BCUT2D eigenvalue weighted by molar-refractivity contribution is 0.686. The molecule has 76 valence electrons. The summed E-state index contributed by atoms with van der Waals surface area (Å²) in [7, 11) is 0. The second kappa shape index (κ2) is 5.20. The standard InChI is InChI=1S/C13H14N2/c1-4-8-15-13(9-14)12-7-5-6-10(2)11(12)3/h1,5-7,13,15H,8H2,2-3H3. The van der Waals surface area contributed by atoms with Gasteiger partial charge in [-0.1, -0.05) is 24.1 Å². The summed E-state index contributed by atoms with van der Waals surface area (Å²) in [4.78, 5) is 0. The Bertz CT molecular complexity index is 421. The molecule has 15 heavy (non-hydrogen) atoms. The van der Waals surface area contributed by atoms with Gasteiger partial charge in [-0.15, -0.1) is 6.42 Å². The fourth-order valence-electron chi connectivity index (χ4n) is 1.47. The van der Waals surface area contributed by atoms with Gasteiger partial charge in [0.05, 0.1) is 12.6 Å². The van der Waals surface area contributed by atoms with E-state index in [0.29, 0.717) is 6.54 Å². The number of rotatable bonds is 3. The van der Waals surface area contributed by atoms with Crippen LogP contribution in [0, 0.1) is 37.5 Å². The molecule has 0 aliphatic carbocycles. The van der Waals surface area contributed by atoms with Crippen molar-refractivity contribution in [3.05, 3.63) is 34.9 Å². The zero-order valence-corrected chi connectivity index (χ0v) is 9.04. The highest BCUT2D eigenvalue weighted by molar-refractivity contribution is 5.37. The summed E-state index contributed by atoms with van der Waals surface area (Å²) in [6.07, 6.45) is 5.16. The van der Waals surface area contributed by atoms with Crippen molar-refractivity contribution < 1.29 is 0 Å². The van der Waals surface area contributed by atoms with E-state index < -0.39 is 0 Å². The normalized spacial score (nSPS) is 11.5. The van der Waals surface area contributed by atoms with Gasteiger partial charge in [-0.25, -0.2) is 0 Å². The van der Waals surface area contributed by atoms with Gasteiger partial charge < -0.3 is 0 Å². The Labute approximate surface area is 90.9 Å². The predicted molar refractivity (Wildman–Crippen MR) is 61.1 cm³/mol. The summed E-state index contributed by atoms with van der Waals surface area (Å²) in [6, 6.07) is 7.85. The van der Waals surface area contributed by atoms with Crippen molar-refractivity contribution in [2.45, 2.75) is 19.9 Å². The third-order valence-corrected chi connectivity index (χ3v) is 2.49. The van der Waals surface area contributed by atoms with Crippen LogP contribution in [0.4, 0.5) is 0 Å². The molecule has 0 radical (unpaired) electrons. The number of nitrogens with one attached hydrogen (secondary N) is 1. The van der Waals surface area contributed by atoms with Crippen LogP contribution in [-0.2, 0) is 0 Å². The lowest BCUT2D eigenvalue weighted by Crippen LogP contribution is -2.21. The number of hydrogen-bond donors (Lipinski definition) is 1. The molecular weight excluding hydrogens is 184 g/mol. The Balaban J connectivity index is 2.99. The van der Waals surface area contributed by atoms with Crippen LogP contribution >= 0.6 is 0 Å². The molecular formula is C13H14N2. The second-order valence-electron chi connectivity index (χ2n) is 3.44. The number of aryl methyl sites for hydroxylation is 1. The highest BCUT2D eigenvalue weighted by atomic mass is 14.9. The molecule has 0 aliphatic rings. The van der Waals surface area contributed by atoms with E-state index in [0.717, 1.165) is 11.1 Å². The summed E-state index contributed by atoms with van der Waals surface area (Å²) in [5.41, 5.74) is 3.34. The van der Waals surface area contributed by atoms with Crippen LogP contribution in [0.3, 0.4) is 0 Å². The summed E-state index contributed by atoms with van der Waals surface area (Å²) in [6.45, 7) is 4.46. The van der Waals surface area contributed by atoms with Crippen LogP contribution in [0.15, 0.2) is 18.2 Å². The Morgan fingerprint density at radius 1 is 1.47 bits per heavy atom. The van der Waals surface area contributed by atoms with E-state index in [1.807, 2.05) is 32.0 Å². The van der Waals surface area contributed by atoms with Crippen LogP contribution in [0.1, 0.15) is 22.7 Å². The average Bonchev–Trinajstić information content (AvgIpc) is 2.25. The van der Waals surface area contributed by atoms with E-state index in [4.69, 9.17) is 11.7 Å². The molecule has 0 aromatic heterocycles. The Kier molecular flexibility index (Phi) is 3.92. The van der Waals surface area contributed by atoms with Crippen LogP contribution in [-0.4, -0.2) is 6.54 Å². The monoisotopic (exact) mass is 198 g/mol. The summed E-state index contributed by atoms with van der Waals surface area (Å²) in [5.74, 6) is 2.47. The number of terminal acetylenes is 1. The van der Waals surface area contributed by atoms with Crippen molar-refractivity contribution >= 4 is 0 Å². The Morgan fingerprint density at radius 3 is 2.80 bits per heavy atom. The van der Waals surface area contributed by atoms with Crippen molar-refractivity contribution in [1.82, 2.24) is 5.32 Å². The summed E-state index contributed by atoms with van der Waals surface area (Å²) < 4.78 is 0. The summed E-state index contributed by atoms with van der Waals surface area (Å²) >= 11 is 0. The first kappa shape index (κ1) is 11.3. The number of nitriles is 1. The minimum absolute atomic E-state index is 0.319. The SMILES string of the molecule is C#CCNC(C#N)c1cccc(C)c1C. The molecule has 0 spiro atoms. The number of benzene rings is 1. The quantitative estimate of drug-likeness (QED) is 0.755. The maximum absolute atomic E-state index is 9.04. The van der Waals surface area contributed by atoms with Crippen molar-refractivity contribution in [3.63, 3.8) is 0 Å². The highest BCUT2D eigenvalue weighted by Gasteiger charge is 2.12. The smallest absolute Gasteiger partial charge is 0.122 e. The van der Waals surface area contributed by atoms with Crippen molar-refractivity contribution in [3.8, 4) is 18.4 Å². The molecule has 1 atom stereocenters. The van der Waals surface area contributed by atoms with E-state index in [1.165, 1.54) is 5.56 Å². The largest absolute Gasteiger partial charge is 0.287 e. The molecule has 0 saturated heterocycles. The van der Waals surface area contributed by atoms with E-state index in [9.17, 15) is 0 Å². The van der Waals surface area contributed by atoms with Gasteiger partial charge in [-0.2, -0.15) is 5.26 Å². The lowest BCUT2D eigenvalue weighted by Gasteiger charge is -2.14. The first-order chi connectivity index (χ1) is 7.20. The minimum atomic E-state index is -0.319. The molecule has 1 aromatic carbocycles. The van der Waals surface area contributed by atoms with Gasteiger partial charge in [0.2, 0.25) is 0 Å². The highest BCUT2D eigenvalue weighted by Crippen LogP contribution is 2.19. The van der Waals surface area contributed by atoms with Gasteiger partial charge in [0.25, 0.3) is 0 Å². The maximum atomic E-state index is 9.04. The van der Waals surface area contributed by atoms with E-state index in [-0.39, 0.29) is 6.04 Å². The predicted octanol–water partition coefficient (Wildman–Crippen LogP) is 2.09.